The average molecular weight is 443 g/mol. The van der Waals surface area contributed by atoms with Crippen molar-refractivity contribution < 1.29 is 14.3 Å². The number of carbonyl (C=O) groups is 2. The number of nitrogens with one attached hydrogen (secondary N) is 1. The van der Waals surface area contributed by atoms with Gasteiger partial charge in [0.05, 0.1) is 0 Å². The Morgan fingerprint density at radius 2 is 1.71 bits per heavy atom. The fraction of sp³-hybridized carbons (Fsp3) is 0.440. The van der Waals surface area contributed by atoms with E-state index in [1.807, 2.05) is 30.3 Å². The van der Waals surface area contributed by atoms with Crippen LogP contribution >= 0.6 is 11.6 Å². The van der Waals surface area contributed by atoms with Crippen LogP contribution in [0.25, 0.3) is 0 Å². The fourth-order valence-electron chi connectivity index (χ4n) is 4.41. The summed E-state index contributed by atoms with van der Waals surface area (Å²) in [7, 11) is 4.25. The summed E-state index contributed by atoms with van der Waals surface area (Å²) in [6, 6.07) is 17.3. The summed E-state index contributed by atoms with van der Waals surface area (Å²) in [5.41, 5.74) is 1.99. The van der Waals surface area contributed by atoms with E-state index >= 15 is 0 Å². The van der Waals surface area contributed by atoms with Crippen molar-refractivity contribution in [1.82, 2.24) is 10.2 Å². The molecule has 1 aliphatic carbocycles. The van der Waals surface area contributed by atoms with Gasteiger partial charge in [0.2, 0.25) is 6.10 Å². The molecular formula is C25H31ClN2O3. The van der Waals surface area contributed by atoms with Crippen molar-refractivity contribution in [1.29, 1.82) is 0 Å². The number of hydrogen-bond acceptors (Lipinski definition) is 4. The van der Waals surface area contributed by atoms with Crippen molar-refractivity contribution in [2.45, 2.75) is 56.7 Å². The molecular weight excluding hydrogens is 412 g/mol. The number of amides is 1. The summed E-state index contributed by atoms with van der Waals surface area (Å²) in [5, 5.41) is 3.86. The highest BCUT2D eigenvalue weighted by atomic mass is 35.5. The standard InChI is InChI=1S/C25H31ClN2O3/c1-18(29)31-23(20-7-5-4-6-8-20)24(30)27-22-13-15-25(16-14-22,28(2)3)17-19-9-11-21(26)12-10-19/h4-12,22-23H,13-17H2,1-3H3,(H,27,30). The Kier molecular flexibility index (Phi) is 7.74. The van der Waals surface area contributed by atoms with Crippen molar-refractivity contribution in [3.8, 4) is 0 Å². The number of hydrogen-bond donors (Lipinski definition) is 1. The molecule has 1 saturated carbocycles. The normalized spacial score (nSPS) is 22.0. The molecule has 3 rings (SSSR count). The summed E-state index contributed by atoms with van der Waals surface area (Å²) in [5.74, 6) is -0.733. The molecule has 0 bridgehead atoms. The van der Waals surface area contributed by atoms with E-state index in [1.54, 1.807) is 12.1 Å². The Morgan fingerprint density at radius 3 is 2.26 bits per heavy atom. The first-order chi connectivity index (χ1) is 14.8. The molecule has 1 fully saturated rings. The smallest absolute Gasteiger partial charge is 0.303 e. The lowest BCUT2D eigenvalue weighted by Gasteiger charge is -2.45. The monoisotopic (exact) mass is 442 g/mol. The van der Waals surface area contributed by atoms with Gasteiger partial charge in [0, 0.05) is 29.1 Å². The first-order valence-electron chi connectivity index (χ1n) is 10.7. The number of likely N-dealkylation sites (N-methyl/N-ethyl adjacent to an activating group) is 1. The summed E-state index contributed by atoms with van der Waals surface area (Å²) >= 11 is 6.04. The first-order valence-corrected chi connectivity index (χ1v) is 11.1. The number of nitrogens with zero attached hydrogens (tertiary/aromatic N) is 1. The second-order valence-electron chi connectivity index (χ2n) is 8.61. The Bertz CT molecular complexity index is 875. The molecule has 1 amide bonds. The molecule has 1 aliphatic rings. The van der Waals surface area contributed by atoms with Crippen molar-refractivity contribution in [3.05, 3.63) is 70.7 Å². The molecule has 5 nitrogen and oxygen atoms in total. The molecule has 0 aromatic heterocycles. The zero-order valence-corrected chi connectivity index (χ0v) is 19.2. The van der Waals surface area contributed by atoms with E-state index in [0.717, 1.165) is 37.1 Å². The van der Waals surface area contributed by atoms with Crippen molar-refractivity contribution >= 4 is 23.5 Å². The number of rotatable bonds is 7. The summed E-state index contributed by atoms with van der Waals surface area (Å²) in [6.07, 6.45) is 3.71. The zero-order valence-electron chi connectivity index (χ0n) is 18.4. The predicted molar refractivity (Wildman–Crippen MR) is 123 cm³/mol. The van der Waals surface area contributed by atoms with Gasteiger partial charge in [0.25, 0.3) is 5.91 Å². The topological polar surface area (TPSA) is 58.6 Å². The van der Waals surface area contributed by atoms with Gasteiger partial charge in [0.1, 0.15) is 0 Å². The molecule has 2 aromatic carbocycles. The second kappa shape index (κ2) is 10.3. The van der Waals surface area contributed by atoms with Crippen LogP contribution in [0.5, 0.6) is 0 Å². The van der Waals surface area contributed by atoms with Crippen molar-refractivity contribution in [2.75, 3.05) is 14.1 Å². The average Bonchev–Trinajstić information content (AvgIpc) is 2.75. The zero-order chi connectivity index (χ0) is 22.4. The fourth-order valence-corrected chi connectivity index (χ4v) is 4.53. The van der Waals surface area contributed by atoms with E-state index in [4.69, 9.17) is 16.3 Å². The van der Waals surface area contributed by atoms with Gasteiger partial charge in [-0.25, -0.2) is 0 Å². The molecule has 0 heterocycles. The van der Waals surface area contributed by atoms with Crippen LogP contribution in [0.1, 0.15) is 49.8 Å². The van der Waals surface area contributed by atoms with E-state index in [0.29, 0.717) is 5.56 Å². The minimum Gasteiger partial charge on any atom is -0.447 e. The Hall–Kier alpha value is -2.37. The summed E-state index contributed by atoms with van der Waals surface area (Å²) < 4.78 is 5.34. The quantitative estimate of drug-likeness (QED) is 0.639. The van der Waals surface area contributed by atoms with Gasteiger partial charge in [0.15, 0.2) is 0 Å². The van der Waals surface area contributed by atoms with Gasteiger partial charge in [-0.05, 0) is 63.9 Å². The lowest BCUT2D eigenvalue weighted by atomic mass is 9.74. The van der Waals surface area contributed by atoms with Gasteiger partial charge < -0.3 is 15.0 Å². The van der Waals surface area contributed by atoms with Crippen LogP contribution < -0.4 is 5.32 Å². The largest absolute Gasteiger partial charge is 0.447 e. The molecule has 1 atom stereocenters. The molecule has 2 aromatic rings. The highest BCUT2D eigenvalue weighted by Crippen LogP contribution is 2.36. The summed E-state index contributed by atoms with van der Waals surface area (Å²) in [6.45, 7) is 1.33. The number of ether oxygens (including phenoxy) is 1. The molecule has 0 aliphatic heterocycles. The van der Waals surface area contributed by atoms with E-state index in [9.17, 15) is 9.59 Å². The number of halogens is 1. The third-order valence-electron chi connectivity index (χ3n) is 6.28. The highest BCUT2D eigenvalue weighted by Gasteiger charge is 2.38. The van der Waals surface area contributed by atoms with Crippen LogP contribution in [0.2, 0.25) is 5.02 Å². The molecule has 0 radical (unpaired) electrons. The van der Waals surface area contributed by atoms with Gasteiger partial charge in [-0.15, -0.1) is 0 Å². The molecule has 166 valence electrons. The number of esters is 1. The minimum atomic E-state index is -0.923. The minimum absolute atomic E-state index is 0.0454. The maximum absolute atomic E-state index is 13.0. The third kappa shape index (κ3) is 6.08. The maximum Gasteiger partial charge on any atom is 0.303 e. The number of benzene rings is 2. The first kappa shape index (κ1) is 23.3. The molecule has 31 heavy (non-hydrogen) atoms. The van der Waals surface area contributed by atoms with Gasteiger partial charge >= 0.3 is 5.97 Å². The molecule has 1 N–H and O–H groups in total. The van der Waals surface area contributed by atoms with Crippen LogP contribution in [-0.4, -0.2) is 42.5 Å². The molecule has 0 spiro atoms. The maximum atomic E-state index is 13.0. The van der Waals surface area contributed by atoms with Crippen LogP contribution in [0.3, 0.4) is 0 Å². The van der Waals surface area contributed by atoms with Crippen molar-refractivity contribution in [2.24, 2.45) is 0 Å². The second-order valence-corrected chi connectivity index (χ2v) is 9.04. The highest BCUT2D eigenvalue weighted by molar-refractivity contribution is 6.30. The van der Waals surface area contributed by atoms with Gasteiger partial charge in [-0.1, -0.05) is 54.1 Å². The van der Waals surface area contributed by atoms with Crippen LogP contribution in [0.4, 0.5) is 0 Å². The predicted octanol–water partition coefficient (Wildman–Crippen LogP) is 4.55. The van der Waals surface area contributed by atoms with E-state index in [2.05, 4.69) is 36.4 Å². The lowest BCUT2D eigenvalue weighted by Crippen LogP contribution is -2.52. The van der Waals surface area contributed by atoms with Crippen LogP contribution in [-0.2, 0) is 20.7 Å². The molecule has 1 unspecified atom stereocenters. The summed E-state index contributed by atoms with van der Waals surface area (Å²) in [4.78, 5) is 26.8. The van der Waals surface area contributed by atoms with E-state index < -0.39 is 12.1 Å². The van der Waals surface area contributed by atoms with Gasteiger partial charge in [-0.2, -0.15) is 0 Å². The van der Waals surface area contributed by atoms with Crippen LogP contribution in [0, 0.1) is 0 Å². The van der Waals surface area contributed by atoms with E-state index in [-0.39, 0.29) is 17.5 Å². The van der Waals surface area contributed by atoms with E-state index in [1.165, 1.54) is 12.5 Å². The molecule has 6 heteroatoms. The lowest BCUT2D eigenvalue weighted by molar-refractivity contribution is -0.154. The SMILES string of the molecule is CC(=O)OC(C(=O)NC1CCC(Cc2ccc(Cl)cc2)(N(C)C)CC1)c1ccccc1. The van der Waals surface area contributed by atoms with Crippen molar-refractivity contribution in [3.63, 3.8) is 0 Å². The van der Waals surface area contributed by atoms with Crippen LogP contribution in [0.15, 0.2) is 54.6 Å². The third-order valence-corrected chi connectivity index (χ3v) is 6.53. The Balaban J connectivity index is 1.64. The number of carbonyl (C=O) groups excluding carboxylic acids is 2. The Morgan fingerprint density at radius 1 is 1.10 bits per heavy atom. The van der Waals surface area contributed by atoms with Gasteiger partial charge in [-0.3, -0.25) is 9.59 Å². The Labute approximate surface area is 189 Å². The molecule has 0 saturated heterocycles.